The van der Waals surface area contributed by atoms with Gasteiger partial charge in [-0.25, -0.2) is 0 Å². The molecule has 0 amide bonds. The van der Waals surface area contributed by atoms with Crippen LogP contribution in [0.5, 0.6) is 0 Å². The van der Waals surface area contributed by atoms with Gasteiger partial charge in [-0.3, -0.25) is 0 Å². The fourth-order valence-corrected chi connectivity index (χ4v) is 1.77. The predicted molar refractivity (Wildman–Crippen MR) is 59.3 cm³/mol. The average molecular weight is 214 g/mol. The van der Waals surface area contributed by atoms with Gasteiger partial charge in [0.05, 0.1) is 10.6 Å². The summed E-state index contributed by atoms with van der Waals surface area (Å²) in [7, 11) is 0. The second-order valence-corrected chi connectivity index (χ2v) is 4.25. The summed E-state index contributed by atoms with van der Waals surface area (Å²) in [6, 6.07) is 0.353. The van der Waals surface area contributed by atoms with E-state index in [9.17, 15) is 0 Å². The van der Waals surface area contributed by atoms with Crippen LogP contribution in [0.4, 0.5) is 0 Å². The number of hydrogen-bond donors (Lipinski definition) is 2. The van der Waals surface area contributed by atoms with Gasteiger partial charge >= 0.3 is 0 Å². The first-order valence-electron chi connectivity index (χ1n) is 5.01. The Kier molecular flexibility index (Phi) is 5.00. The summed E-state index contributed by atoms with van der Waals surface area (Å²) in [5.41, 5.74) is 6.65. The number of nitrogens with two attached hydrogens (primary N) is 1. The van der Waals surface area contributed by atoms with Crippen LogP contribution in [0.2, 0.25) is 0 Å². The van der Waals surface area contributed by atoms with Crippen molar-refractivity contribution in [1.82, 2.24) is 14.9 Å². The number of rotatable bonds is 6. The second-order valence-electron chi connectivity index (χ2n) is 3.41. The van der Waals surface area contributed by atoms with Crippen molar-refractivity contribution in [1.29, 1.82) is 0 Å². The minimum atomic E-state index is 0.353. The van der Waals surface area contributed by atoms with Crippen LogP contribution < -0.4 is 11.1 Å². The molecule has 5 heteroatoms. The molecule has 0 spiro atoms. The zero-order valence-corrected chi connectivity index (χ0v) is 9.60. The quantitative estimate of drug-likeness (QED) is 0.739. The summed E-state index contributed by atoms with van der Waals surface area (Å²) >= 11 is 1.48. The zero-order chi connectivity index (χ0) is 10.4. The second kappa shape index (κ2) is 6.06. The Morgan fingerprint density at radius 3 is 3.00 bits per heavy atom. The molecule has 0 aliphatic carbocycles. The normalized spacial score (nSPS) is 13.1. The Labute approximate surface area is 89.1 Å². The molecule has 1 heterocycles. The molecule has 0 saturated heterocycles. The molecule has 3 N–H and O–H groups in total. The van der Waals surface area contributed by atoms with Crippen LogP contribution >= 0.6 is 11.5 Å². The van der Waals surface area contributed by atoms with Crippen LogP contribution in [0.3, 0.4) is 0 Å². The summed E-state index contributed by atoms with van der Waals surface area (Å²) in [6.07, 6.45) is 2.13. The number of nitrogens with one attached hydrogen (secondary N) is 1. The molecule has 1 rings (SSSR count). The van der Waals surface area contributed by atoms with Crippen LogP contribution in [-0.4, -0.2) is 22.2 Å². The molecule has 0 unspecified atom stereocenters. The van der Waals surface area contributed by atoms with E-state index >= 15 is 0 Å². The smallest absolute Gasteiger partial charge is 0.0800 e. The highest BCUT2D eigenvalue weighted by Gasteiger charge is 2.07. The first-order valence-corrected chi connectivity index (χ1v) is 5.78. The first kappa shape index (κ1) is 11.6. The molecule has 0 aliphatic rings. The zero-order valence-electron chi connectivity index (χ0n) is 8.79. The Morgan fingerprint density at radius 1 is 1.57 bits per heavy atom. The monoisotopic (exact) mass is 214 g/mol. The van der Waals surface area contributed by atoms with Crippen molar-refractivity contribution in [2.24, 2.45) is 5.73 Å². The molecule has 0 radical (unpaired) electrons. The van der Waals surface area contributed by atoms with Crippen molar-refractivity contribution in [3.8, 4) is 0 Å². The number of aryl methyl sites for hydroxylation is 1. The summed E-state index contributed by atoms with van der Waals surface area (Å²) in [4.78, 5) is 1.24. The molecule has 1 aromatic rings. The van der Waals surface area contributed by atoms with Gasteiger partial charge < -0.3 is 11.1 Å². The molecular formula is C9H18N4S. The maximum Gasteiger partial charge on any atom is 0.0800 e. The van der Waals surface area contributed by atoms with Crippen LogP contribution in [0.25, 0.3) is 0 Å². The molecule has 1 atom stereocenters. The standard InChI is InChI=1S/C9H18N4S/c1-3-4-8-9(14-13-12-8)6-11-7(2)5-10/h7,11H,3-6,10H2,1-2H3/t7-/m1/s1. The van der Waals surface area contributed by atoms with Crippen molar-refractivity contribution in [2.45, 2.75) is 39.3 Å². The topological polar surface area (TPSA) is 63.8 Å². The summed E-state index contributed by atoms with van der Waals surface area (Å²) in [5.74, 6) is 0. The summed E-state index contributed by atoms with van der Waals surface area (Å²) < 4.78 is 3.96. The fraction of sp³-hybridized carbons (Fsp3) is 0.778. The van der Waals surface area contributed by atoms with E-state index in [-0.39, 0.29) is 0 Å². The Hall–Kier alpha value is -0.520. The van der Waals surface area contributed by atoms with Crippen molar-refractivity contribution in [2.75, 3.05) is 6.54 Å². The predicted octanol–water partition coefficient (Wildman–Crippen LogP) is 0.927. The molecule has 0 bridgehead atoms. The van der Waals surface area contributed by atoms with E-state index < -0.39 is 0 Å². The molecule has 14 heavy (non-hydrogen) atoms. The maximum atomic E-state index is 5.52. The van der Waals surface area contributed by atoms with E-state index in [1.165, 1.54) is 16.4 Å². The summed E-state index contributed by atoms with van der Waals surface area (Å²) in [6.45, 7) is 5.73. The molecule has 80 valence electrons. The highest BCUT2D eigenvalue weighted by atomic mass is 32.1. The van der Waals surface area contributed by atoms with E-state index in [0.717, 1.165) is 25.1 Å². The van der Waals surface area contributed by atoms with Gasteiger partial charge in [-0.2, -0.15) is 0 Å². The van der Waals surface area contributed by atoms with E-state index in [1.807, 2.05) is 0 Å². The SMILES string of the molecule is CCCc1nnsc1CN[C@H](C)CN. The maximum absolute atomic E-state index is 5.52. The lowest BCUT2D eigenvalue weighted by Gasteiger charge is -2.09. The number of hydrogen-bond acceptors (Lipinski definition) is 5. The van der Waals surface area contributed by atoms with Gasteiger partial charge in [0, 0.05) is 19.1 Å². The van der Waals surface area contributed by atoms with Crippen LogP contribution in [0.15, 0.2) is 0 Å². The van der Waals surface area contributed by atoms with Gasteiger partial charge in [0.15, 0.2) is 0 Å². The Balaban J connectivity index is 2.45. The van der Waals surface area contributed by atoms with Crippen molar-refractivity contribution >= 4 is 11.5 Å². The van der Waals surface area contributed by atoms with Crippen LogP contribution in [0, 0.1) is 0 Å². The van der Waals surface area contributed by atoms with Gasteiger partial charge in [-0.05, 0) is 24.9 Å². The first-order chi connectivity index (χ1) is 6.77. The Bertz CT molecular complexity index is 261. The third kappa shape index (κ3) is 3.32. The van der Waals surface area contributed by atoms with E-state index in [1.54, 1.807) is 0 Å². The number of nitrogens with zero attached hydrogens (tertiary/aromatic N) is 2. The highest BCUT2D eigenvalue weighted by molar-refractivity contribution is 7.05. The van der Waals surface area contributed by atoms with Gasteiger partial charge in [-0.15, -0.1) is 5.10 Å². The third-order valence-corrected chi connectivity index (χ3v) is 2.85. The summed E-state index contributed by atoms with van der Waals surface area (Å²) in [5, 5.41) is 7.45. The Morgan fingerprint density at radius 2 is 2.36 bits per heavy atom. The van der Waals surface area contributed by atoms with Gasteiger partial charge in [-0.1, -0.05) is 17.8 Å². The lowest BCUT2D eigenvalue weighted by atomic mass is 10.2. The van der Waals surface area contributed by atoms with Gasteiger partial charge in [0.2, 0.25) is 0 Å². The van der Waals surface area contributed by atoms with Crippen molar-refractivity contribution in [3.63, 3.8) is 0 Å². The minimum absolute atomic E-state index is 0.353. The highest BCUT2D eigenvalue weighted by Crippen LogP contribution is 2.12. The third-order valence-electron chi connectivity index (χ3n) is 2.09. The molecular weight excluding hydrogens is 196 g/mol. The van der Waals surface area contributed by atoms with Crippen LogP contribution in [0.1, 0.15) is 30.8 Å². The lowest BCUT2D eigenvalue weighted by molar-refractivity contribution is 0.557. The van der Waals surface area contributed by atoms with Crippen molar-refractivity contribution < 1.29 is 0 Å². The fourth-order valence-electron chi connectivity index (χ4n) is 1.14. The minimum Gasteiger partial charge on any atom is -0.329 e. The largest absolute Gasteiger partial charge is 0.329 e. The van der Waals surface area contributed by atoms with Crippen LogP contribution in [-0.2, 0) is 13.0 Å². The lowest BCUT2D eigenvalue weighted by Crippen LogP contribution is -2.32. The van der Waals surface area contributed by atoms with E-state index in [0.29, 0.717) is 12.6 Å². The van der Waals surface area contributed by atoms with Gasteiger partial charge in [0.25, 0.3) is 0 Å². The molecule has 0 saturated carbocycles. The molecule has 4 nitrogen and oxygen atoms in total. The van der Waals surface area contributed by atoms with Crippen molar-refractivity contribution in [3.05, 3.63) is 10.6 Å². The molecule has 0 aromatic carbocycles. The van der Waals surface area contributed by atoms with E-state index in [4.69, 9.17) is 5.73 Å². The molecule has 1 aromatic heterocycles. The molecule has 0 aliphatic heterocycles. The molecule has 0 fully saturated rings. The number of aromatic nitrogens is 2. The van der Waals surface area contributed by atoms with E-state index in [2.05, 4.69) is 28.8 Å². The van der Waals surface area contributed by atoms with Gasteiger partial charge in [0.1, 0.15) is 0 Å². The average Bonchev–Trinajstić information content (AvgIpc) is 2.62.